The van der Waals surface area contributed by atoms with Gasteiger partial charge in [-0.2, -0.15) is 5.10 Å². The Bertz CT molecular complexity index is 601. The maximum Gasteiger partial charge on any atom is 0.260 e. The summed E-state index contributed by atoms with van der Waals surface area (Å²) < 4.78 is 27.1. The number of aromatic nitrogens is 2. The Morgan fingerprint density at radius 2 is 2.00 bits per heavy atom. The number of nitrogens with one attached hydrogen (secondary N) is 1. The second-order valence-electron chi connectivity index (χ2n) is 3.15. The number of aryl methyl sites for hydroxylation is 1. The molecule has 2 rings (SSSR count). The minimum atomic E-state index is -3.49. The van der Waals surface area contributed by atoms with Crippen molar-refractivity contribution >= 4 is 20.9 Å². The molecule has 0 bridgehead atoms. The minimum absolute atomic E-state index is 0.0723. The Balaban J connectivity index is 2.84. The normalized spacial score (nSPS) is 12.1. The number of nitrogens with zero attached hydrogens (tertiary/aromatic N) is 2. The molecule has 0 radical (unpaired) electrons. The predicted octanol–water partition coefficient (Wildman–Crippen LogP) is 0.481. The Kier molecular flexibility index (Phi) is 2.24. The average molecular weight is 225 g/mol. The van der Waals surface area contributed by atoms with E-state index in [9.17, 15) is 8.42 Å². The van der Waals surface area contributed by atoms with Gasteiger partial charge >= 0.3 is 0 Å². The molecule has 15 heavy (non-hydrogen) atoms. The van der Waals surface area contributed by atoms with Crippen LogP contribution in [0.1, 0.15) is 0 Å². The molecule has 0 aliphatic rings. The van der Waals surface area contributed by atoms with Crippen LogP contribution >= 0.6 is 0 Å². The van der Waals surface area contributed by atoms with Gasteiger partial charge < -0.3 is 0 Å². The molecule has 0 aliphatic carbocycles. The van der Waals surface area contributed by atoms with Crippen LogP contribution in [-0.2, 0) is 17.1 Å². The molecule has 5 nitrogen and oxygen atoms in total. The Morgan fingerprint density at radius 3 is 2.67 bits per heavy atom. The van der Waals surface area contributed by atoms with Crippen molar-refractivity contribution < 1.29 is 8.42 Å². The fourth-order valence-electron chi connectivity index (χ4n) is 1.48. The summed E-state index contributed by atoms with van der Waals surface area (Å²) in [6, 6.07) is 7.21. The second-order valence-corrected chi connectivity index (χ2v) is 4.96. The summed E-state index contributed by atoms with van der Waals surface area (Å²) in [5, 5.41) is 4.70. The summed E-state index contributed by atoms with van der Waals surface area (Å²) in [5.74, 6) is 0. The summed E-state index contributed by atoms with van der Waals surface area (Å²) in [5.41, 5.74) is 0.798. The molecular weight excluding hydrogens is 214 g/mol. The molecule has 0 atom stereocenters. The van der Waals surface area contributed by atoms with Gasteiger partial charge in [0.1, 0.15) is 0 Å². The van der Waals surface area contributed by atoms with Gasteiger partial charge in [0.25, 0.3) is 10.0 Å². The van der Waals surface area contributed by atoms with Gasteiger partial charge in [-0.25, -0.2) is 13.1 Å². The molecule has 80 valence electrons. The summed E-state index contributed by atoms with van der Waals surface area (Å²) >= 11 is 0. The highest BCUT2D eigenvalue weighted by Gasteiger charge is 2.19. The molecule has 1 N–H and O–H groups in total. The molecular formula is C9H11N3O2S. The SMILES string of the molecule is CNS(=O)(=O)c1nn(C)c2ccccc12. The first-order valence-corrected chi connectivity index (χ1v) is 5.90. The fraction of sp³-hybridized carbons (Fsp3) is 0.222. The number of hydrogen-bond donors (Lipinski definition) is 1. The van der Waals surface area contributed by atoms with Gasteiger partial charge in [0.2, 0.25) is 0 Å². The maximum atomic E-state index is 11.6. The van der Waals surface area contributed by atoms with E-state index in [1.165, 1.54) is 7.05 Å². The van der Waals surface area contributed by atoms with E-state index >= 15 is 0 Å². The van der Waals surface area contributed by atoms with Crippen molar-refractivity contribution in [1.29, 1.82) is 0 Å². The number of fused-ring (bicyclic) bond motifs is 1. The number of rotatable bonds is 2. The minimum Gasteiger partial charge on any atom is -0.267 e. The largest absolute Gasteiger partial charge is 0.267 e. The highest BCUT2D eigenvalue weighted by Crippen LogP contribution is 2.20. The third-order valence-corrected chi connectivity index (χ3v) is 3.60. The van der Waals surface area contributed by atoms with Crippen LogP contribution in [0.15, 0.2) is 29.3 Å². The van der Waals surface area contributed by atoms with Crippen LogP contribution in [0.2, 0.25) is 0 Å². The molecule has 0 saturated carbocycles. The number of para-hydroxylation sites is 1. The van der Waals surface area contributed by atoms with Crippen LogP contribution in [0.25, 0.3) is 10.9 Å². The molecule has 1 aromatic carbocycles. The average Bonchev–Trinajstić information content (AvgIpc) is 2.58. The Morgan fingerprint density at radius 1 is 1.33 bits per heavy atom. The van der Waals surface area contributed by atoms with E-state index in [1.54, 1.807) is 23.9 Å². The zero-order chi connectivity index (χ0) is 11.1. The molecule has 0 amide bonds. The maximum absolute atomic E-state index is 11.6. The van der Waals surface area contributed by atoms with E-state index in [0.29, 0.717) is 5.39 Å². The van der Waals surface area contributed by atoms with E-state index in [-0.39, 0.29) is 5.03 Å². The highest BCUT2D eigenvalue weighted by molar-refractivity contribution is 7.89. The first-order chi connectivity index (χ1) is 7.06. The van der Waals surface area contributed by atoms with Gasteiger partial charge in [-0.3, -0.25) is 4.68 Å². The van der Waals surface area contributed by atoms with Gasteiger partial charge in [0.15, 0.2) is 5.03 Å². The van der Waals surface area contributed by atoms with Crippen molar-refractivity contribution in [1.82, 2.24) is 14.5 Å². The third kappa shape index (κ3) is 1.51. The zero-order valence-corrected chi connectivity index (χ0v) is 9.25. The van der Waals surface area contributed by atoms with Crippen molar-refractivity contribution in [2.75, 3.05) is 7.05 Å². The van der Waals surface area contributed by atoms with Crippen molar-refractivity contribution in [3.8, 4) is 0 Å². The summed E-state index contributed by atoms with van der Waals surface area (Å²) in [4.78, 5) is 0. The Labute approximate surface area is 87.8 Å². The second kappa shape index (κ2) is 3.32. The van der Waals surface area contributed by atoms with Gasteiger partial charge in [0.05, 0.1) is 5.52 Å². The first kappa shape index (κ1) is 10.1. The summed E-state index contributed by atoms with van der Waals surface area (Å²) in [7, 11) is -0.393. The van der Waals surface area contributed by atoms with Gasteiger partial charge in [-0.05, 0) is 19.2 Å². The van der Waals surface area contributed by atoms with Crippen molar-refractivity contribution in [3.05, 3.63) is 24.3 Å². The van der Waals surface area contributed by atoms with E-state index in [1.807, 2.05) is 12.1 Å². The van der Waals surface area contributed by atoms with Crippen LogP contribution in [0.5, 0.6) is 0 Å². The lowest BCUT2D eigenvalue weighted by Gasteiger charge is -1.96. The van der Waals surface area contributed by atoms with Crippen LogP contribution in [-0.4, -0.2) is 25.2 Å². The van der Waals surface area contributed by atoms with E-state index in [4.69, 9.17) is 0 Å². The number of sulfonamides is 1. The fourth-order valence-corrected chi connectivity index (χ4v) is 2.36. The molecule has 2 aromatic rings. The topological polar surface area (TPSA) is 64.0 Å². The standard InChI is InChI=1S/C9H11N3O2S/c1-10-15(13,14)9-7-5-3-4-6-8(7)12(2)11-9/h3-6,10H,1-2H3. The lowest BCUT2D eigenvalue weighted by molar-refractivity contribution is 0.581. The van der Waals surface area contributed by atoms with Crippen LogP contribution in [0, 0.1) is 0 Å². The first-order valence-electron chi connectivity index (χ1n) is 4.41. The molecule has 0 saturated heterocycles. The van der Waals surface area contributed by atoms with E-state index in [0.717, 1.165) is 5.52 Å². The van der Waals surface area contributed by atoms with Gasteiger partial charge in [0, 0.05) is 12.4 Å². The van der Waals surface area contributed by atoms with Crippen molar-refractivity contribution in [2.45, 2.75) is 5.03 Å². The van der Waals surface area contributed by atoms with Gasteiger partial charge in [-0.15, -0.1) is 0 Å². The highest BCUT2D eigenvalue weighted by atomic mass is 32.2. The molecule has 0 unspecified atom stereocenters. The van der Waals surface area contributed by atoms with Gasteiger partial charge in [-0.1, -0.05) is 12.1 Å². The van der Waals surface area contributed by atoms with Crippen molar-refractivity contribution in [3.63, 3.8) is 0 Å². The molecule has 6 heteroatoms. The quantitative estimate of drug-likeness (QED) is 0.808. The molecule has 1 aromatic heterocycles. The molecule has 0 fully saturated rings. The number of hydrogen-bond acceptors (Lipinski definition) is 3. The third-order valence-electron chi connectivity index (χ3n) is 2.25. The van der Waals surface area contributed by atoms with Crippen molar-refractivity contribution in [2.24, 2.45) is 7.05 Å². The van der Waals surface area contributed by atoms with E-state index < -0.39 is 10.0 Å². The lowest BCUT2D eigenvalue weighted by Crippen LogP contribution is -2.19. The van der Waals surface area contributed by atoms with Crippen LogP contribution in [0.4, 0.5) is 0 Å². The molecule has 0 aliphatic heterocycles. The number of benzene rings is 1. The smallest absolute Gasteiger partial charge is 0.260 e. The summed E-state index contributed by atoms with van der Waals surface area (Å²) in [6.45, 7) is 0. The van der Waals surface area contributed by atoms with E-state index in [2.05, 4.69) is 9.82 Å². The van der Waals surface area contributed by atoms with Crippen LogP contribution in [0.3, 0.4) is 0 Å². The lowest BCUT2D eigenvalue weighted by atomic mass is 10.3. The predicted molar refractivity (Wildman–Crippen MR) is 57.0 cm³/mol. The summed E-state index contributed by atoms with van der Waals surface area (Å²) in [6.07, 6.45) is 0. The molecule has 0 spiro atoms. The zero-order valence-electron chi connectivity index (χ0n) is 8.43. The Hall–Kier alpha value is -1.40. The van der Waals surface area contributed by atoms with Crippen LogP contribution < -0.4 is 4.72 Å². The monoisotopic (exact) mass is 225 g/mol. The molecule has 1 heterocycles.